The van der Waals surface area contributed by atoms with Gasteiger partial charge in [0.1, 0.15) is 17.3 Å². The van der Waals surface area contributed by atoms with Crippen LogP contribution in [0.5, 0.6) is 0 Å². The normalized spacial score (nSPS) is 19.9. The van der Waals surface area contributed by atoms with Gasteiger partial charge in [0.15, 0.2) is 6.20 Å². The molecule has 2 aliphatic rings. The number of para-hydroxylation sites is 2. The third-order valence-electron chi connectivity index (χ3n) is 9.89. The van der Waals surface area contributed by atoms with Crippen LogP contribution >= 0.6 is 0 Å². The van der Waals surface area contributed by atoms with Gasteiger partial charge in [0.05, 0.1) is 24.7 Å². The first kappa shape index (κ1) is 25.3. The van der Waals surface area contributed by atoms with Crippen LogP contribution in [0.15, 0.2) is 71.3 Å². The molecular weight excluding hydrogens is 492 g/mol. The van der Waals surface area contributed by atoms with E-state index in [9.17, 15) is 0 Å². The van der Waals surface area contributed by atoms with E-state index in [-0.39, 0.29) is 17.1 Å². The first-order valence-electron chi connectivity index (χ1n) is 14.6. The quantitative estimate of drug-likeness (QED) is 0.219. The summed E-state index contributed by atoms with van der Waals surface area (Å²) in [6, 6.07) is 22.6. The van der Waals surface area contributed by atoms with Crippen molar-refractivity contribution in [3.8, 4) is 0 Å². The third kappa shape index (κ3) is 3.06. The molecule has 40 heavy (non-hydrogen) atoms. The summed E-state index contributed by atoms with van der Waals surface area (Å²) in [4.78, 5) is 5.40. The molecule has 1 saturated heterocycles. The Labute approximate surface area is 237 Å². The molecule has 4 heterocycles. The van der Waals surface area contributed by atoms with Crippen LogP contribution in [0.3, 0.4) is 0 Å². The Bertz CT molecular complexity index is 1800. The summed E-state index contributed by atoms with van der Waals surface area (Å²) < 4.78 is 11.2. The summed E-state index contributed by atoms with van der Waals surface area (Å²) in [6.45, 7) is 18.7. The van der Waals surface area contributed by atoms with Crippen molar-refractivity contribution in [2.24, 2.45) is 12.5 Å². The average molecular weight is 534 g/mol. The maximum absolute atomic E-state index is 6.39. The fraction of sp³-hybridized carbons (Fsp3) is 0.400. The van der Waals surface area contributed by atoms with Crippen molar-refractivity contribution in [2.45, 2.75) is 79.2 Å². The van der Waals surface area contributed by atoms with E-state index in [1.165, 1.54) is 44.8 Å². The van der Waals surface area contributed by atoms with Crippen LogP contribution in [0.4, 0.5) is 11.5 Å². The van der Waals surface area contributed by atoms with E-state index in [0.717, 1.165) is 11.2 Å². The number of aromatic nitrogens is 2. The van der Waals surface area contributed by atoms with Crippen molar-refractivity contribution in [3.63, 3.8) is 0 Å². The van der Waals surface area contributed by atoms with Gasteiger partial charge in [0, 0.05) is 28.8 Å². The van der Waals surface area contributed by atoms with Gasteiger partial charge in [-0.3, -0.25) is 0 Å². The Balaban J connectivity index is 1.50. The minimum absolute atomic E-state index is 0.0483. The molecule has 0 amide bonds. The highest BCUT2D eigenvalue weighted by Gasteiger charge is 2.66. The number of anilines is 2. The van der Waals surface area contributed by atoms with Crippen LogP contribution in [0, 0.1) is 19.3 Å². The molecule has 3 aromatic carbocycles. The van der Waals surface area contributed by atoms with Crippen molar-refractivity contribution < 1.29 is 8.98 Å². The first-order valence-corrected chi connectivity index (χ1v) is 14.6. The second kappa shape index (κ2) is 8.15. The summed E-state index contributed by atoms with van der Waals surface area (Å²) in [7, 11) is 2.22. The van der Waals surface area contributed by atoms with Crippen LogP contribution < -0.4 is 14.4 Å². The molecular formula is C35H41N4O+. The monoisotopic (exact) mass is 533 g/mol. The molecule has 0 radical (unpaired) electrons. The van der Waals surface area contributed by atoms with Crippen molar-refractivity contribution >= 4 is 33.4 Å². The molecule has 0 spiro atoms. The highest BCUT2D eigenvalue weighted by Crippen LogP contribution is 2.65. The average Bonchev–Trinajstić information content (AvgIpc) is 3.43. The SMILES string of the molecule is Cc1ccc2oc3ccccc3c2c1C(C)(C)N1c2ccccc2[C@@H]2N(c3c[n+](C(C)C)c(C)n3C)C1C2(C)C. The number of nitrogens with zero attached hydrogens (tertiary/aromatic N) is 4. The van der Waals surface area contributed by atoms with Crippen molar-refractivity contribution in [1.82, 2.24) is 4.57 Å². The van der Waals surface area contributed by atoms with Crippen LogP contribution in [-0.2, 0) is 12.6 Å². The summed E-state index contributed by atoms with van der Waals surface area (Å²) in [6.07, 6.45) is 2.55. The molecule has 7 rings (SSSR count). The van der Waals surface area contributed by atoms with Gasteiger partial charge < -0.3 is 14.2 Å². The molecule has 0 saturated carbocycles. The van der Waals surface area contributed by atoms with E-state index in [0.29, 0.717) is 12.1 Å². The Morgan fingerprint density at radius 1 is 0.925 bits per heavy atom. The highest BCUT2D eigenvalue weighted by molar-refractivity contribution is 6.07. The van der Waals surface area contributed by atoms with E-state index in [4.69, 9.17) is 4.42 Å². The van der Waals surface area contributed by atoms with Crippen molar-refractivity contribution in [1.29, 1.82) is 0 Å². The Hall–Kier alpha value is -3.73. The van der Waals surface area contributed by atoms with Gasteiger partial charge in [-0.05, 0) is 69.5 Å². The standard InChI is InChI=1S/C35H41N4O/c1-21(2)37-20-29(36(9)23(37)4)38-32-24-14-10-12-16-26(24)39(33(38)34(32,5)6)35(7,8)31-22(3)18-19-28-30(31)25-15-11-13-17-27(25)40-28/h10-21,32-33H,1-9H3/q+1/t32-,33?/m0/s1. The van der Waals surface area contributed by atoms with Gasteiger partial charge in [-0.1, -0.05) is 56.3 Å². The summed E-state index contributed by atoms with van der Waals surface area (Å²) in [5.41, 5.74) is 7.00. The molecule has 0 N–H and O–H groups in total. The lowest BCUT2D eigenvalue weighted by molar-refractivity contribution is -0.721. The van der Waals surface area contributed by atoms with E-state index in [1.54, 1.807) is 0 Å². The molecule has 5 heteroatoms. The molecule has 0 aliphatic carbocycles. The predicted molar refractivity (Wildman–Crippen MR) is 164 cm³/mol. The molecule has 1 fully saturated rings. The zero-order valence-corrected chi connectivity index (χ0v) is 25.3. The van der Waals surface area contributed by atoms with E-state index in [2.05, 4.69) is 148 Å². The van der Waals surface area contributed by atoms with E-state index < -0.39 is 0 Å². The fourth-order valence-electron chi connectivity index (χ4n) is 8.09. The van der Waals surface area contributed by atoms with Gasteiger partial charge in [0.25, 0.3) is 5.82 Å². The number of hydrogen-bond donors (Lipinski definition) is 0. The lowest BCUT2D eigenvalue weighted by Gasteiger charge is -2.70. The summed E-state index contributed by atoms with van der Waals surface area (Å²) >= 11 is 0. The highest BCUT2D eigenvalue weighted by atomic mass is 16.3. The number of benzene rings is 3. The maximum Gasteiger partial charge on any atom is 0.254 e. The number of aryl methyl sites for hydroxylation is 1. The first-order chi connectivity index (χ1) is 19.0. The van der Waals surface area contributed by atoms with Crippen molar-refractivity contribution in [2.75, 3.05) is 9.80 Å². The Morgan fingerprint density at radius 3 is 2.35 bits per heavy atom. The number of fused-ring (bicyclic) bond motifs is 7. The molecule has 5 nitrogen and oxygen atoms in total. The Morgan fingerprint density at radius 2 is 1.62 bits per heavy atom. The van der Waals surface area contributed by atoms with Crippen LogP contribution in [0.2, 0.25) is 0 Å². The van der Waals surface area contributed by atoms with E-state index in [1.807, 2.05) is 0 Å². The zero-order valence-electron chi connectivity index (χ0n) is 25.3. The Kier molecular flexibility index (Phi) is 5.15. The molecule has 5 aromatic rings. The van der Waals surface area contributed by atoms with Crippen LogP contribution in [0.1, 0.15) is 76.1 Å². The lowest BCUT2D eigenvalue weighted by atomic mass is 9.63. The summed E-state index contributed by atoms with van der Waals surface area (Å²) in [5.74, 6) is 2.55. The topological polar surface area (TPSA) is 28.4 Å². The number of imidazole rings is 1. The van der Waals surface area contributed by atoms with Gasteiger partial charge in [-0.2, -0.15) is 0 Å². The van der Waals surface area contributed by atoms with Gasteiger partial charge >= 0.3 is 0 Å². The maximum atomic E-state index is 6.39. The van der Waals surface area contributed by atoms with Gasteiger partial charge in [-0.25, -0.2) is 9.13 Å². The van der Waals surface area contributed by atoms with Crippen molar-refractivity contribution in [3.05, 3.63) is 89.4 Å². The zero-order chi connectivity index (χ0) is 28.3. The third-order valence-corrected chi connectivity index (χ3v) is 9.89. The van der Waals surface area contributed by atoms with Gasteiger partial charge in [-0.15, -0.1) is 0 Å². The number of furan rings is 1. The second-order valence-corrected chi connectivity index (χ2v) is 13.3. The number of hydrogen-bond acceptors (Lipinski definition) is 3. The van der Waals surface area contributed by atoms with Crippen LogP contribution in [0.25, 0.3) is 21.9 Å². The molecule has 2 aromatic heterocycles. The largest absolute Gasteiger partial charge is 0.456 e. The predicted octanol–water partition coefficient (Wildman–Crippen LogP) is 8.08. The summed E-state index contributed by atoms with van der Waals surface area (Å²) in [5, 5.41) is 2.42. The minimum Gasteiger partial charge on any atom is -0.456 e. The minimum atomic E-state index is -0.327. The second-order valence-electron chi connectivity index (χ2n) is 13.3. The smallest absolute Gasteiger partial charge is 0.254 e. The molecule has 1 unspecified atom stereocenters. The molecule has 2 atom stereocenters. The lowest BCUT2D eigenvalue weighted by Crippen LogP contribution is -2.76. The van der Waals surface area contributed by atoms with Gasteiger partial charge in [0.2, 0.25) is 5.82 Å². The van der Waals surface area contributed by atoms with Crippen LogP contribution in [-0.4, -0.2) is 10.7 Å². The molecule has 206 valence electrons. The van der Waals surface area contributed by atoms with E-state index >= 15 is 0 Å². The molecule has 2 bridgehead atoms. The molecule has 2 aliphatic heterocycles. The fourth-order valence-corrected chi connectivity index (χ4v) is 8.09. The number of rotatable bonds is 4.